The third kappa shape index (κ3) is 3.67. The van der Waals surface area contributed by atoms with Crippen molar-refractivity contribution < 1.29 is 9.90 Å². The van der Waals surface area contributed by atoms with Crippen molar-refractivity contribution in [3.05, 3.63) is 34.9 Å². The van der Waals surface area contributed by atoms with Crippen LogP contribution < -0.4 is 4.90 Å². The second-order valence-electron chi connectivity index (χ2n) is 4.47. The van der Waals surface area contributed by atoms with E-state index in [1.807, 2.05) is 23.9 Å². The van der Waals surface area contributed by atoms with Gasteiger partial charge in [0.2, 0.25) is 0 Å². The van der Waals surface area contributed by atoms with Gasteiger partial charge < -0.3 is 10.0 Å². The van der Waals surface area contributed by atoms with Gasteiger partial charge in [-0.3, -0.25) is 0 Å². The molecule has 19 heavy (non-hydrogen) atoms. The lowest BCUT2D eigenvalue weighted by Crippen LogP contribution is -2.37. The van der Waals surface area contributed by atoms with Crippen molar-refractivity contribution in [2.24, 2.45) is 0 Å². The van der Waals surface area contributed by atoms with Gasteiger partial charge in [-0.1, -0.05) is 24.6 Å². The molecule has 3 nitrogen and oxygen atoms in total. The van der Waals surface area contributed by atoms with E-state index in [0.29, 0.717) is 10.3 Å². The summed E-state index contributed by atoms with van der Waals surface area (Å²) < 4.78 is 0. The lowest BCUT2D eigenvalue weighted by Gasteiger charge is -2.33. The molecule has 1 aromatic rings. The molecular formula is C14H16ClNO2S. The van der Waals surface area contributed by atoms with Crippen LogP contribution in [-0.2, 0) is 4.79 Å². The van der Waals surface area contributed by atoms with Crippen molar-refractivity contribution in [3.8, 4) is 0 Å². The van der Waals surface area contributed by atoms with Gasteiger partial charge in [0, 0.05) is 46.4 Å². The predicted molar refractivity (Wildman–Crippen MR) is 82.3 cm³/mol. The van der Waals surface area contributed by atoms with E-state index in [9.17, 15) is 4.79 Å². The van der Waals surface area contributed by atoms with Gasteiger partial charge in [0.25, 0.3) is 0 Å². The van der Waals surface area contributed by atoms with E-state index >= 15 is 0 Å². The summed E-state index contributed by atoms with van der Waals surface area (Å²) in [7, 11) is 0. The highest BCUT2D eigenvalue weighted by molar-refractivity contribution is 8.00. The Labute approximate surface area is 122 Å². The van der Waals surface area contributed by atoms with Crippen LogP contribution in [0.2, 0.25) is 5.02 Å². The standard InChI is InChI=1S/C14H16ClNO2S/c1-10-9-16(7-8-19-10)13-4-2-3-12(15)11(13)5-6-14(17)18/h2-6,10H,7-9H2,1H3,(H,17,18)/b6-5+. The summed E-state index contributed by atoms with van der Waals surface area (Å²) in [6.07, 6.45) is 2.71. The van der Waals surface area contributed by atoms with Crippen molar-refractivity contribution >= 4 is 41.1 Å². The molecule has 5 heteroatoms. The second-order valence-corrected chi connectivity index (χ2v) is 6.43. The van der Waals surface area contributed by atoms with Crippen molar-refractivity contribution in [3.63, 3.8) is 0 Å². The molecule has 0 aromatic heterocycles. The van der Waals surface area contributed by atoms with Gasteiger partial charge in [-0.2, -0.15) is 11.8 Å². The summed E-state index contributed by atoms with van der Waals surface area (Å²) in [6, 6.07) is 5.69. The molecule has 1 aromatic carbocycles. The SMILES string of the molecule is CC1CN(c2cccc(Cl)c2/C=C/C(=O)O)CCS1. The van der Waals surface area contributed by atoms with Crippen molar-refractivity contribution in [2.75, 3.05) is 23.7 Å². The Balaban J connectivity index is 2.33. The molecule has 1 saturated heterocycles. The summed E-state index contributed by atoms with van der Waals surface area (Å²) in [5, 5.41) is 9.92. The largest absolute Gasteiger partial charge is 0.478 e. The van der Waals surface area contributed by atoms with Gasteiger partial charge in [-0.15, -0.1) is 0 Å². The highest BCUT2D eigenvalue weighted by Gasteiger charge is 2.19. The number of nitrogens with zero attached hydrogens (tertiary/aromatic N) is 1. The highest BCUT2D eigenvalue weighted by atomic mass is 35.5. The number of thioether (sulfide) groups is 1. The molecule has 0 aliphatic carbocycles. The normalized spacial score (nSPS) is 19.9. The van der Waals surface area contributed by atoms with E-state index in [1.54, 1.807) is 12.1 Å². The summed E-state index contributed by atoms with van der Waals surface area (Å²) >= 11 is 8.15. The number of carboxylic acids is 1. The molecule has 1 unspecified atom stereocenters. The Morgan fingerprint density at radius 3 is 3.05 bits per heavy atom. The Hall–Kier alpha value is -1.13. The average molecular weight is 298 g/mol. The Morgan fingerprint density at radius 1 is 1.58 bits per heavy atom. The van der Waals surface area contributed by atoms with Gasteiger partial charge in [0.05, 0.1) is 0 Å². The van der Waals surface area contributed by atoms with Gasteiger partial charge in [-0.25, -0.2) is 4.79 Å². The number of benzene rings is 1. The third-order valence-electron chi connectivity index (χ3n) is 3.00. The van der Waals surface area contributed by atoms with Crippen LogP contribution in [-0.4, -0.2) is 35.2 Å². The van der Waals surface area contributed by atoms with Crippen LogP contribution in [0.25, 0.3) is 6.08 Å². The fraction of sp³-hybridized carbons (Fsp3) is 0.357. The summed E-state index contributed by atoms with van der Waals surface area (Å²) in [4.78, 5) is 12.9. The maximum absolute atomic E-state index is 10.7. The molecule has 1 atom stereocenters. The van der Waals surface area contributed by atoms with Crippen LogP contribution in [0.1, 0.15) is 12.5 Å². The summed E-state index contributed by atoms with van der Waals surface area (Å²) in [5.74, 6) is 0.115. The maximum Gasteiger partial charge on any atom is 0.328 e. The highest BCUT2D eigenvalue weighted by Crippen LogP contribution is 2.31. The molecule has 102 valence electrons. The minimum atomic E-state index is -0.964. The maximum atomic E-state index is 10.7. The predicted octanol–water partition coefficient (Wildman–Crippen LogP) is 3.38. The Morgan fingerprint density at radius 2 is 2.37 bits per heavy atom. The van der Waals surface area contributed by atoms with E-state index in [-0.39, 0.29) is 0 Å². The molecule has 0 radical (unpaired) electrons. The molecule has 0 amide bonds. The Bertz CT molecular complexity index is 504. The first-order valence-corrected chi connectivity index (χ1v) is 7.56. The third-order valence-corrected chi connectivity index (χ3v) is 4.47. The zero-order chi connectivity index (χ0) is 13.8. The smallest absolute Gasteiger partial charge is 0.328 e. The first-order valence-electron chi connectivity index (χ1n) is 6.14. The van der Waals surface area contributed by atoms with Crippen LogP contribution in [0.15, 0.2) is 24.3 Å². The van der Waals surface area contributed by atoms with E-state index in [4.69, 9.17) is 16.7 Å². The average Bonchev–Trinajstić information content (AvgIpc) is 2.37. The van der Waals surface area contributed by atoms with Crippen LogP contribution in [0.4, 0.5) is 5.69 Å². The van der Waals surface area contributed by atoms with E-state index in [2.05, 4.69) is 11.8 Å². The van der Waals surface area contributed by atoms with Crippen LogP contribution in [0, 0.1) is 0 Å². The molecule has 0 saturated carbocycles. The van der Waals surface area contributed by atoms with Crippen molar-refractivity contribution in [1.82, 2.24) is 0 Å². The monoisotopic (exact) mass is 297 g/mol. The molecule has 0 spiro atoms. The summed E-state index contributed by atoms with van der Waals surface area (Å²) in [6.45, 7) is 4.12. The number of carbonyl (C=O) groups is 1. The number of carboxylic acid groups (broad SMARTS) is 1. The first-order chi connectivity index (χ1) is 9.08. The fourth-order valence-corrected chi connectivity index (χ4v) is 3.40. The van der Waals surface area contributed by atoms with Crippen molar-refractivity contribution in [1.29, 1.82) is 0 Å². The molecule has 1 fully saturated rings. The molecule has 1 N–H and O–H groups in total. The molecule has 1 aliphatic heterocycles. The molecule has 1 heterocycles. The number of halogens is 1. The number of hydrogen-bond acceptors (Lipinski definition) is 3. The van der Waals surface area contributed by atoms with E-state index in [1.165, 1.54) is 0 Å². The van der Waals surface area contributed by atoms with Gasteiger partial charge in [0.15, 0.2) is 0 Å². The van der Waals surface area contributed by atoms with Crippen LogP contribution in [0.3, 0.4) is 0 Å². The van der Waals surface area contributed by atoms with Crippen molar-refractivity contribution in [2.45, 2.75) is 12.2 Å². The minimum absolute atomic E-state index is 0.573. The van der Waals surface area contributed by atoms with Crippen LogP contribution >= 0.6 is 23.4 Å². The second kappa shape index (κ2) is 6.35. The quantitative estimate of drug-likeness (QED) is 0.868. The number of aliphatic carboxylic acids is 1. The first kappa shape index (κ1) is 14.3. The van der Waals surface area contributed by atoms with E-state index in [0.717, 1.165) is 36.2 Å². The topological polar surface area (TPSA) is 40.5 Å². The fourth-order valence-electron chi connectivity index (χ4n) is 2.16. The van der Waals surface area contributed by atoms with Gasteiger partial charge >= 0.3 is 5.97 Å². The lowest BCUT2D eigenvalue weighted by atomic mass is 10.1. The molecule has 2 rings (SSSR count). The van der Waals surface area contributed by atoms with Gasteiger partial charge in [0.1, 0.15) is 0 Å². The molecular weight excluding hydrogens is 282 g/mol. The zero-order valence-corrected chi connectivity index (χ0v) is 12.2. The molecule has 0 bridgehead atoms. The number of hydrogen-bond donors (Lipinski definition) is 1. The number of rotatable bonds is 3. The van der Waals surface area contributed by atoms with Gasteiger partial charge in [-0.05, 0) is 18.2 Å². The molecule has 1 aliphatic rings. The Kier molecular flexibility index (Phi) is 4.77. The lowest BCUT2D eigenvalue weighted by molar-refractivity contribution is -0.131. The summed E-state index contributed by atoms with van der Waals surface area (Å²) in [5.41, 5.74) is 1.79. The number of anilines is 1. The van der Waals surface area contributed by atoms with E-state index < -0.39 is 5.97 Å². The minimum Gasteiger partial charge on any atom is -0.478 e. The van der Waals surface area contributed by atoms with Crippen LogP contribution in [0.5, 0.6) is 0 Å². The zero-order valence-electron chi connectivity index (χ0n) is 10.7.